The van der Waals surface area contributed by atoms with E-state index in [9.17, 15) is 4.79 Å². The molecule has 4 rings (SSSR count). The van der Waals surface area contributed by atoms with E-state index in [1.165, 1.54) is 12.8 Å². The SMILES string of the molecule is CN=C(NCc1cn2ccsc2n1)N1CCC(N(CC2CC2)C(=O)OC(C)(C)C)CC1. The van der Waals surface area contributed by atoms with E-state index >= 15 is 0 Å². The van der Waals surface area contributed by atoms with E-state index in [1.807, 2.05) is 48.7 Å². The largest absolute Gasteiger partial charge is 0.444 e. The Morgan fingerprint density at radius 3 is 2.68 bits per heavy atom. The molecule has 31 heavy (non-hydrogen) atoms. The van der Waals surface area contributed by atoms with Crippen LogP contribution in [0.1, 0.15) is 52.1 Å². The molecule has 0 aromatic carbocycles. The van der Waals surface area contributed by atoms with Gasteiger partial charge in [0.25, 0.3) is 0 Å². The van der Waals surface area contributed by atoms with Crippen LogP contribution in [-0.2, 0) is 11.3 Å². The molecule has 0 unspecified atom stereocenters. The standard InChI is InChI=1S/C22H34N6O2S/c1-22(2,3)30-21(29)28(14-16-5-6-16)18-7-9-26(10-8-18)19(23-4)24-13-17-15-27-11-12-31-20(27)25-17/h11-12,15-16,18H,5-10,13-14H2,1-4H3,(H,23,24). The van der Waals surface area contributed by atoms with Gasteiger partial charge in [0.1, 0.15) is 5.60 Å². The number of likely N-dealkylation sites (tertiary alicyclic amines) is 1. The summed E-state index contributed by atoms with van der Waals surface area (Å²) in [5, 5.41) is 5.48. The fourth-order valence-electron chi connectivity index (χ4n) is 4.02. The second kappa shape index (κ2) is 9.06. The number of thiazole rings is 1. The van der Waals surface area contributed by atoms with Gasteiger partial charge in [-0.05, 0) is 52.4 Å². The number of piperidine rings is 1. The Labute approximate surface area is 188 Å². The van der Waals surface area contributed by atoms with Gasteiger partial charge in [-0.2, -0.15) is 0 Å². The first kappa shape index (κ1) is 21.9. The minimum atomic E-state index is -0.465. The number of ether oxygens (including phenoxy) is 1. The predicted octanol–water partition coefficient (Wildman–Crippen LogP) is 3.58. The molecule has 3 heterocycles. The fraction of sp³-hybridized carbons (Fsp3) is 0.682. The molecule has 0 bridgehead atoms. The molecule has 0 atom stereocenters. The third-order valence-corrected chi connectivity index (χ3v) is 6.54. The van der Waals surface area contributed by atoms with Crippen molar-refractivity contribution in [3.8, 4) is 0 Å². The van der Waals surface area contributed by atoms with Crippen LogP contribution in [-0.4, -0.2) is 69.6 Å². The number of carbonyl (C=O) groups is 1. The van der Waals surface area contributed by atoms with Crippen LogP contribution in [0, 0.1) is 5.92 Å². The Balaban J connectivity index is 1.31. The lowest BCUT2D eigenvalue weighted by Gasteiger charge is -2.40. The van der Waals surface area contributed by atoms with E-state index in [-0.39, 0.29) is 12.1 Å². The van der Waals surface area contributed by atoms with Crippen LogP contribution >= 0.6 is 11.3 Å². The van der Waals surface area contributed by atoms with Gasteiger partial charge in [-0.3, -0.25) is 9.39 Å². The molecule has 170 valence electrons. The normalized spacial score (nSPS) is 18.5. The molecule has 1 saturated carbocycles. The van der Waals surface area contributed by atoms with Crippen LogP contribution in [0.3, 0.4) is 0 Å². The van der Waals surface area contributed by atoms with E-state index in [4.69, 9.17) is 4.74 Å². The number of aromatic nitrogens is 2. The van der Waals surface area contributed by atoms with Crippen LogP contribution in [0.5, 0.6) is 0 Å². The average Bonchev–Trinajstić information content (AvgIpc) is 3.30. The molecule has 2 aliphatic rings. The van der Waals surface area contributed by atoms with Crippen molar-refractivity contribution in [3.05, 3.63) is 23.5 Å². The van der Waals surface area contributed by atoms with Crippen molar-refractivity contribution in [3.63, 3.8) is 0 Å². The molecule has 1 saturated heterocycles. The molecule has 0 spiro atoms. The summed E-state index contributed by atoms with van der Waals surface area (Å²) in [5.74, 6) is 1.53. The molecular weight excluding hydrogens is 412 g/mol. The molecule has 8 nitrogen and oxygen atoms in total. The van der Waals surface area contributed by atoms with Crippen LogP contribution in [0.2, 0.25) is 0 Å². The highest BCUT2D eigenvalue weighted by molar-refractivity contribution is 7.15. The maximum atomic E-state index is 12.8. The molecule has 1 aliphatic heterocycles. The first-order chi connectivity index (χ1) is 14.8. The zero-order valence-electron chi connectivity index (χ0n) is 19.0. The second-order valence-corrected chi connectivity index (χ2v) is 10.4. The number of amides is 1. The summed E-state index contributed by atoms with van der Waals surface area (Å²) in [4.78, 5) is 27.2. The molecule has 1 amide bonds. The van der Waals surface area contributed by atoms with E-state index in [2.05, 4.69) is 26.4 Å². The number of fused-ring (bicyclic) bond motifs is 1. The van der Waals surface area contributed by atoms with Gasteiger partial charge in [0.05, 0.1) is 12.2 Å². The van der Waals surface area contributed by atoms with E-state index in [0.717, 1.165) is 49.1 Å². The van der Waals surface area contributed by atoms with Gasteiger partial charge < -0.3 is 19.9 Å². The number of aliphatic imine (C=N–C) groups is 1. The summed E-state index contributed by atoms with van der Waals surface area (Å²) in [6.45, 7) is 9.00. The zero-order chi connectivity index (χ0) is 22.0. The van der Waals surface area contributed by atoms with Gasteiger partial charge >= 0.3 is 6.09 Å². The zero-order valence-corrected chi connectivity index (χ0v) is 19.8. The summed E-state index contributed by atoms with van der Waals surface area (Å²) in [5.41, 5.74) is 0.538. The number of hydrogen-bond acceptors (Lipinski definition) is 5. The van der Waals surface area contributed by atoms with E-state index in [1.54, 1.807) is 11.3 Å². The maximum absolute atomic E-state index is 12.8. The highest BCUT2D eigenvalue weighted by atomic mass is 32.1. The minimum Gasteiger partial charge on any atom is -0.444 e. The van der Waals surface area contributed by atoms with Gasteiger partial charge in [-0.1, -0.05) is 0 Å². The Morgan fingerprint density at radius 1 is 1.32 bits per heavy atom. The first-order valence-corrected chi connectivity index (χ1v) is 12.1. The molecule has 9 heteroatoms. The Hall–Kier alpha value is -2.29. The third-order valence-electron chi connectivity index (χ3n) is 5.77. The minimum absolute atomic E-state index is 0.167. The van der Waals surface area contributed by atoms with Crippen LogP contribution < -0.4 is 5.32 Å². The number of imidazole rings is 1. The number of nitrogens with one attached hydrogen (secondary N) is 1. The fourth-order valence-corrected chi connectivity index (χ4v) is 4.74. The summed E-state index contributed by atoms with van der Waals surface area (Å²) in [7, 11) is 1.82. The van der Waals surface area contributed by atoms with Crippen molar-refractivity contribution < 1.29 is 9.53 Å². The molecule has 1 N–H and O–H groups in total. The number of nitrogens with zero attached hydrogens (tertiary/aromatic N) is 5. The van der Waals surface area contributed by atoms with Crippen molar-refractivity contribution in [1.82, 2.24) is 24.5 Å². The topological polar surface area (TPSA) is 74.5 Å². The number of guanidine groups is 1. The van der Waals surface area contributed by atoms with E-state index < -0.39 is 5.60 Å². The number of hydrogen-bond donors (Lipinski definition) is 1. The summed E-state index contributed by atoms with van der Waals surface area (Å²) in [6, 6.07) is 0.227. The summed E-state index contributed by atoms with van der Waals surface area (Å²) >= 11 is 1.63. The molecular formula is C22H34N6O2S. The van der Waals surface area contributed by atoms with Crippen molar-refractivity contribution >= 4 is 28.4 Å². The quantitative estimate of drug-likeness (QED) is 0.561. The van der Waals surface area contributed by atoms with E-state index in [0.29, 0.717) is 12.5 Å². The molecule has 0 radical (unpaired) electrons. The van der Waals surface area contributed by atoms with Gasteiger partial charge in [0.2, 0.25) is 0 Å². The monoisotopic (exact) mass is 446 g/mol. The molecule has 2 aromatic rings. The first-order valence-electron chi connectivity index (χ1n) is 11.2. The summed E-state index contributed by atoms with van der Waals surface area (Å²) < 4.78 is 7.75. The molecule has 2 aromatic heterocycles. The lowest BCUT2D eigenvalue weighted by atomic mass is 10.0. The van der Waals surface area contributed by atoms with Gasteiger partial charge in [0.15, 0.2) is 10.9 Å². The average molecular weight is 447 g/mol. The maximum Gasteiger partial charge on any atom is 0.410 e. The lowest BCUT2D eigenvalue weighted by Crippen LogP contribution is -2.52. The predicted molar refractivity (Wildman–Crippen MR) is 124 cm³/mol. The number of carbonyl (C=O) groups excluding carboxylic acids is 1. The highest BCUT2D eigenvalue weighted by Gasteiger charge is 2.35. The van der Waals surface area contributed by atoms with Crippen LogP contribution in [0.4, 0.5) is 4.79 Å². The van der Waals surface area contributed by atoms with Gasteiger partial charge in [-0.25, -0.2) is 9.78 Å². The smallest absolute Gasteiger partial charge is 0.410 e. The second-order valence-electron chi connectivity index (χ2n) is 9.52. The van der Waals surface area contributed by atoms with Crippen molar-refractivity contribution in [2.45, 2.75) is 64.6 Å². The van der Waals surface area contributed by atoms with Gasteiger partial charge in [-0.15, -0.1) is 11.3 Å². The number of rotatable bonds is 5. The van der Waals surface area contributed by atoms with Crippen LogP contribution in [0.25, 0.3) is 4.96 Å². The van der Waals surface area contributed by atoms with Crippen molar-refractivity contribution in [1.29, 1.82) is 0 Å². The Morgan fingerprint density at radius 2 is 2.06 bits per heavy atom. The van der Waals surface area contributed by atoms with Gasteiger partial charge in [0, 0.05) is 50.5 Å². The summed E-state index contributed by atoms with van der Waals surface area (Å²) in [6.07, 6.45) is 8.20. The highest BCUT2D eigenvalue weighted by Crippen LogP contribution is 2.32. The van der Waals surface area contributed by atoms with Crippen LogP contribution in [0.15, 0.2) is 22.8 Å². The van der Waals surface area contributed by atoms with Crippen molar-refractivity contribution in [2.24, 2.45) is 10.9 Å². The third kappa shape index (κ3) is 5.70. The Kier molecular flexibility index (Phi) is 6.41. The lowest BCUT2D eigenvalue weighted by molar-refractivity contribution is 0.00928. The van der Waals surface area contributed by atoms with Crippen molar-refractivity contribution in [2.75, 3.05) is 26.7 Å². The molecule has 1 aliphatic carbocycles. The Bertz CT molecular complexity index is 889. The molecule has 2 fully saturated rings.